The van der Waals surface area contributed by atoms with Crippen LogP contribution in [0.1, 0.15) is 0 Å². The summed E-state index contributed by atoms with van der Waals surface area (Å²) < 4.78 is 0. The van der Waals surface area contributed by atoms with Gasteiger partial charge in [0.05, 0.1) is 0 Å². The molecule has 5 heavy (non-hydrogen) atoms. The van der Waals surface area contributed by atoms with E-state index in [2.05, 4.69) is 5.32 Å². The quantitative estimate of drug-likeness (QED) is 0.434. The molecule has 0 fully saturated rings. The van der Waals surface area contributed by atoms with E-state index in [1.54, 1.807) is 7.05 Å². The van der Waals surface area contributed by atoms with Crippen LogP contribution >= 0.6 is 12.4 Å². The van der Waals surface area contributed by atoms with Crippen molar-refractivity contribution in [3.05, 3.63) is 0 Å². The van der Waals surface area contributed by atoms with Crippen molar-refractivity contribution in [3.63, 3.8) is 0 Å². The largest absolute Gasteiger partial charge is 0.319 e. The predicted molar refractivity (Wildman–Crippen MR) is 25.4 cm³/mol. The van der Waals surface area contributed by atoms with Crippen molar-refractivity contribution >= 4 is 12.4 Å². The fourth-order valence-corrected chi connectivity index (χ4v) is 0. The lowest BCUT2D eigenvalue weighted by atomic mass is 11.1. The molecule has 0 heterocycles. The van der Waals surface area contributed by atoms with Gasteiger partial charge in [-0.15, -0.1) is 12.4 Å². The number of hydrogen-bond acceptors (Lipinski definition) is 2. The zero-order valence-corrected chi connectivity index (χ0v) is 4.01. The van der Waals surface area contributed by atoms with E-state index in [9.17, 15) is 0 Å². The highest BCUT2D eigenvalue weighted by atomic mass is 35.5. The first kappa shape index (κ1) is 8.96. The number of nitrogens with one attached hydrogen (secondary N) is 1. The maximum Gasteiger partial charge on any atom is 0.0426 e. The minimum absolute atomic E-state index is 0. The van der Waals surface area contributed by atoms with Gasteiger partial charge >= 0.3 is 0 Å². The van der Waals surface area contributed by atoms with E-state index >= 15 is 0 Å². The molecule has 2 nitrogen and oxygen atoms in total. The lowest BCUT2D eigenvalue weighted by Crippen LogP contribution is -2.15. The van der Waals surface area contributed by atoms with Crippen LogP contribution in [0.25, 0.3) is 0 Å². The van der Waals surface area contributed by atoms with Crippen LogP contribution in [-0.2, 0) is 0 Å². The summed E-state index contributed by atoms with van der Waals surface area (Å²) in [6.45, 7) is 0.569. The van der Waals surface area contributed by atoms with Crippen LogP contribution in [0.5, 0.6) is 0 Å². The molecule has 34 valence electrons. The molecule has 0 bridgehead atoms. The second-order valence-corrected chi connectivity index (χ2v) is 0.558. The molecule has 0 aromatic rings. The summed E-state index contributed by atoms with van der Waals surface area (Å²) in [6, 6.07) is 0. The molecule has 0 radical (unpaired) electrons. The normalized spacial score (nSPS) is 6.00. The Balaban J connectivity index is 0. The Labute approximate surface area is 38.1 Å². The van der Waals surface area contributed by atoms with E-state index in [1.807, 2.05) is 0 Å². The molecular formula is C2H9ClN2. The van der Waals surface area contributed by atoms with Crippen molar-refractivity contribution in [2.75, 3.05) is 13.7 Å². The van der Waals surface area contributed by atoms with Gasteiger partial charge in [-0.2, -0.15) is 0 Å². The van der Waals surface area contributed by atoms with Crippen LogP contribution < -0.4 is 11.1 Å². The van der Waals surface area contributed by atoms with E-state index in [0.717, 1.165) is 0 Å². The monoisotopic (exact) mass is 96.0 g/mol. The van der Waals surface area contributed by atoms with Gasteiger partial charge in [-0.05, 0) is 7.05 Å². The van der Waals surface area contributed by atoms with Gasteiger partial charge in [0.2, 0.25) is 0 Å². The third-order valence-electron chi connectivity index (χ3n) is 0.204. The van der Waals surface area contributed by atoms with Gasteiger partial charge < -0.3 is 11.1 Å². The summed E-state index contributed by atoms with van der Waals surface area (Å²) in [7, 11) is 1.81. The first-order chi connectivity index (χ1) is 1.91. The molecule has 0 amide bonds. The third-order valence-corrected chi connectivity index (χ3v) is 0.204. The summed E-state index contributed by atoms with van der Waals surface area (Å²) in [5.41, 5.74) is 4.92. The third kappa shape index (κ3) is 14.0. The Kier molecular flexibility index (Phi) is 15.9. The Morgan fingerprint density at radius 3 is 2.00 bits per heavy atom. The van der Waals surface area contributed by atoms with Gasteiger partial charge in [-0.25, -0.2) is 0 Å². The van der Waals surface area contributed by atoms with Crippen molar-refractivity contribution in [3.8, 4) is 0 Å². The minimum atomic E-state index is 0. The van der Waals surface area contributed by atoms with Crippen LogP contribution in [0.4, 0.5) is 0 Å². The first-order valence-corrected chi connectivity index (χ1v) is 1.26. The standard InChI is InChI=1S/C2H8N2.ClH/c1-4-2-3;/h4H,2-3H2,1H3;1H. The molecule has 0 saturated carbocycles. The molecule has 0 aliphatic heterocycles. The Morgan fingerprint density at radius 2 is 2.00 bits per heavy atom. The van der Waals surface area contributed by atoms with Crippen LogP contribution in [0.2, 0.25) is 0 Å². The highest BCUT2D eigenvalue weighted by Gasteiger charge is 1.49. The van der Waals surface area contributed by atoms with Crippen LogP contribution in [-0.4, -0.2) is 13.7 Å². The molecule has 0 spiro atoms. The molecule has 0 saturated heterocycles. The first-order valence-electron chi connectivity index (χ1n) is 1.26. The minimum Gasteiger partial charge on any atom is -0.319 e. The van der Waals surface area contributed by atoms with Crippen molar-refractivity contribution in [1.82, 2.24) is 5.32 Å². The fraction of sp³-hybridized carbons (Fsp3) is 1.00. The number of rotatable bonds is 1. The lowest BCUT2D eigenvalue weighted by Gasteiger charge is -1.77. The molecule has 3 N–H and O–H groups in total. The SMILES string of the molecule is CNCN.Cl. The summed E-state index contributed by atoms with van der Waals surface area (Å²) >= 11 is 0. The second kappa shape index (κ2) is 8.88. The average Bonchev–Trinajstić information content (AvgIpc) is 1.37. The van der Waals surface area contributed by atoms with Crippen LogP contribution in [0.3, 0.4) is 0 Å². The zero-order valence-electron chi connectivity index (χ0n) is 3.19. The van der Waals surface area contributed by atoms with Crippen molar-refractivity contribution in [1.29, 1.82) is 0 Å². The van der Waals surface area contributed by atoms with Gasteiger partial charge in [-0.3, -0.25) is 0 Å². The van der Waals surface area contributed by atoms with Crippen molar-refractivity contribution < 1.29 is 0 Å². The van der Waals surface area contributed by atoms with E-state index in [-0.39, 0.29) is 12.4 Å². The van der Waals surface area contributed by atoms with E-state index in [1.165, 1.54) is 0 Å². The molecule has 0 aliphatic carbocycles. The van der Waals surface area contributed by atoms with Crippen molar-refractivity contribution in [2.45, 2.75) is 0 Å². The molecule has 0 aromatic carbocycles. The predicted octanol–water partition coefficient (Wildman–Crippen LogP) is -0.456. The summed E-state index contributed by atoms with van der Waals surface area (Å²) in [5, 5.41) is 2.71. The van der Waals surface area contributed by atoms with E-state index in [4.69, 9.17) is 5.73 Å². The Bertz CT molecular complexity index is 9.61. The summed E-state index contributed by atoms with van der Waals surface area (Å²) in [4.78, 5) is 0. The van der Waals surface area contributed by atoms with Crippen molar-refractivity contribution in [2.24, 2.45) is 5.73 Å². The van der Waals surface area contributed by atoms with E-state index < -0.39 is 0 Å². The molecule has 0 rings (SSSR count). The molecule has 0 atom stereocenters. The maximum atomic E-state index is 4.92. The zero-order chi connectivity index (χ0) is 3.41. The number of hydrogen-bond donors (Lipinski definition) is 2. The van der Waals surface area contributed by atoms with Gasteiger partial charge in [0.15, 0.2) is 0 Å². The molecule has 0 unspecified atom stereocenters. The fourth-order valence-electron chi connectivity index (χ4n) is 0. The maximum absolute atomic E-state index is 4.92. The highest BCUT2D eigenvalue weighted by molar-refractivity contribution is 5.85. The second-order valence-electron chi connectivity index (χ2n) is 0.558. The van der Waals surface area contributed by atoms with E-state index in [0.29, 0.717) is 6.67 Å². The summed E-state index contributed by atoms with van der Waals surface area (Å²) in [6.07, 6.45) is 0. The smallest absolute Gasteiger partial charge is 0.0426 e. The Morgan fingerprint density at radius 1 is 1.80 bits per heavy atom. The van der Waals surface area contributed by atoms with Crippen LogP contribution in [0, 0.1) is 0 Å². The average molecular weight is 96.6 g/mol. The van der Waals surface area contributed by atoms with Gasteiger partial charge in [-0.1, -0.05) is 0 Å². The molecule has 3 heteroatoms. The Hall–Kier alpha value is 0.210. The van der Waals surface area contributed by atoms with Gasteiger partial charge in [0, 0.05) is 6.67 Å². The van der Waals surface area contributed by atoms with Gasteiger partial charge in [0.1, 0.15) is 0 Å². The highest BCUT2D eigenvalue weighted by Crippen LogP contribution is 1.15. The van der Waals surface area contributed by atoms with Crippen LogP contribution in [0.15, 0.2) is 0 Å². The summed E-state index contributed by atoms with van der Waals surface area (Å²) in [5.74, 6) is 0. The van der Waals surface area contributed by atoms with Gasteiger partial charge in [0.25, 0.3) is 0 Å². The topological polar surface area (TPSA) is 38.0 Å². The molecular weight excluding hydrogens is 87.5 g/mol. The number of halogens is 1. The number of nitrogens with two attached hydrogens (primary N) is 1. The molecule has 0 aliphatic rings. The lowest BCUT2D eigenvalue weighted by molar-refractivity contribution is 0.833. The molecule has 0 aromatic heterocycles.